The summed E-state index contributed by atoms with van der Waals surface area (Å²) in [6.45, 7) is 0. The van der Waals surface area contributed by atoms with E-state index >= 15 is 0 Å². The van der Waals surface area contributed by atoms with Crippen LogP contribution in [0, 0.1) is 17.8 Å². The maximum Gasteiger partial charge on any atom is 0.267 e. The van der Waals surface area contributed by atoms with Crippen LogP contribution in [0.5, 0.6) is 0 Å². The second-order valence-corrected chi connectivity index (χ2v) is 8.57. The molecular formula is C17H26N2O4S. The SMILES string of the molecule is O=C(/C=C/C#CC1CCCC(NS(=O)(=O)C2CCCCC2)C1)NO. The molecule has 2 aliphatic rings. The molecule has 2 unspecified atom stereocenters. The molecule has 3 N–H and O–H groups in total. The predicted octanol–water partition coefficient (Wildman–Crippen LogP) is 1.86. The molecule has 0 aromatic rings. The zero-order chi connectivity index (χ0) is 17.4. The normalized spacial score (nSPS) is 25.9. The first-order valence-corrected chi connectivity index (χ1v) is 10.2. The van der Waals surface area contributed by atoms with Gasteiger partial charge >= 0.3 is 0 Å². The zero-order valence-corrected chi connectivity index (χ0v) is 14.6. The van der Waals surface area contributed by atoms with Crippen LogP contribution < -0.4 is 10.2 Å². The lowest BCUT2D eigenvalue weighted by molar-refractivity contribution is -0.124. The molecule has 24 heavy (non-hydrogen) atoms. The van der Waals surface area contributed by atoms with Crippen molar-refractivity contribution in [3.05, 3.63) is 12.2 Å². The summed E-state index contributed by atoms with van der Waals surface area (Å²) < 4.78 is 27.9. The van der Waals surface area contributed by atoms with Gasteiger partial charge in [-0.05, 0) is 38.2 Å². The van der Waals surface area contributed by atoms with Gasteiger partial charge in [0, 0.05) is 18.0 Å². The number of hydroxylamine groups is 1. The summed E-state index contributed by atoms with van der Waals surface area (Å²) in [5.41, 5.74) is 1.50. The molecular weight excluding hydrogens is 328 g/mol. The minimum atomic E-state index is -3.24. The lowest BCUT2D eigenvalue weighted by Crippen LogP contribution is -2.43. The third kappa shape index (κ3) is 5.93. The van der Waals surface area contributed by atoms with E-state index in [1.54, 1.807) is 0 Å². The van der Waals surface area contributed by atoms with E-state index < -0.39 is 15.9 Å². The molecule has 0 aromatic carbocycles. The lowest BCUT2D eigenvalue weighted by Gasteiger charge is -2.29. The van der Waals surface area contributed by atoms with Crippen molar-refractivity contribution >= 4 is 15.9 Å². The molecule has 0 radical (unpaired) electrons. The lowest BCUT2D eigenvalue weighted by atomic mass is 9.86. The fourth-order valence-electron chi connectivity index (χ4n) is 3.45. The van der Waals surface area contributed by atoms with Crippen LogP contribution in [0.1, 0.15) is 57.8 Å². The van der Waals surface area contributed by atoms with E-state index in [0.29, 0.717) is 6.42 Å². The summed E-state index contributed by atoms with van der Waals surface area (Å²) >= 11 is 0. The fraction of sp³-hybridized carbons (Fsp3) is 0.706. The van der Waals surface area contributed by atoms with Gasteiger partial charge in [-0.1, -0.05) is 37.5 Å². The van der Waals surface area contributed by atoms with E-state index in [2.05, 4.69) is 16.6 Å². The molecule has 2 rings (SSSR count). The van der Waals surface area contributed by atoms with E-state index in [4.69, 9.17) is 5.21 Å². The number of carbonyl (C=O) groups is 1. The molecule has 1 amide bonds. The van der Waals surface area contributed by atoms with Gasteiger partial charge in [0.1, 0.15) is 0 Å². The molecule has 2 atom stereocenters. The summed E-state index contributed by atoms with van der Waals surface area (Å²) in [4.78, 5) is 10.8. The molecule has 134 valence electrons. The van der Waals surface area contributed by atoms with Gasteiger partial charge in [0.2, 0.25) is 10.0 Å². The van der Waals surface area contributed by atoms with Crippen LogP contribution in [0.4, 0.5) is 0 Å². The Morgan fingerprint density at radius 3 is 2.54 bits per heavy atom. The van der Waals surface area contributed by atoms with Crippen LogP contribution in [0.2, 0.25) is 0 Å². The smallest absolute Gasteiger partial charge is 0.267 e. The molecule has 2 aliphatic carbocycles. The summed E-state index contributed by atoms with van der Waals surface area (Å²) in [5, 5.41) is 8.13. The number of allylic oxidation sites excluding steroid dienone is 1. The topological polar surface area (TPSA) is 95.5 Å². The number of hydrogen-bond acceptors (Lipinski definition) is 4. The van der Waals surface area contributed by atoms with Gasteiger partial charge in [-0.15, -0.1) is 0 Å². The Kier molecular flexibility index (Phi) is 7.28. The minimum Gasteiger partial charge on any atom is -0.288 e. The van der Waals surface area contributed by atoms with Crippen LogP contribution >= 0.6 is 0 Å². The average molecular weight is 354 g/mol. The molecule has 0 aliphatic heterocycles. The Bertz CT molecular complexity index is 612. The van der Waals surface area contributed by atoms with Gasteiger partial charge < -0.3 is 0 Å². The van der Waals surface area contributed by atoms with E-state index in [1.807, 2.05) is 0 Å². The fourth-order valence-corrected chi connectivity index (χ4v) is 5.28. The second-order valence-electron chi connectivity index (χ2n) is 6.58. The number of nitrogens with one attached hydrogen (secondary N) is 2. The third-order valence-electron chi connectivity index (χ3n) is 4.71. The van der Waals surface area contributed by atoms with Crippen LogP contribution in [-0.4, -0.2) is 30.8 Å². The van der Waals surface area contributed by atoms with E-state index in [0.717, 1.165) is 57.4 Å². The maximum absolute atomic E-state index is 12.5. The number of sulfonamides is 1. The van der Waals surface area contributed by atoms with Crippen molar-refractivity contribution in [1.82, 2.24) is 10.2 Å². The highest BCUT2D eigenvalue weighted by molar-refractivity contribution is 7.90. The van der Waals surface area contributed by atoms with Crippen molar-refractivity contribution in [3.8, 4) is 11.8 Å². The Morgan fingerprint density at radius 2 is 1.83 bits per heavy atom. The first-order valence-electron chi connectivity index (χ1n) is 8.64. The highest BCUT2D eigenvalue weighted by Gasteiger charge is 2.31. The minimum absolute atomic E-state index is 0.0466. The van der Waals surface area contributed by atoms with E-state index in [-0.39, 0.29) is 17.2 Å². The Labute approximate surface area is 144 Å². The van der Waals surface area contributed by atoms with Crippen LogP contribution in [0.15, 0.2) is 12.2 Å². The summed E-state index contributed by atoms with van der Waals surface area (Å²) in [6.07, 6.45) is 10.6. The zero-order valence-electron chi connectivity index (χ0n) is 13.8. The monoisotopic (exact) mass is 354 g/mol. The van der Waals surface area contributed by atoms with Gasteiger partial charge in [-0.25, -0.2) is 18.6 Å². The quantitative estimate of drug-likeness (QED) is 0.311. The Balaban J connectivity index is 1.87. The molecule has 6 nitrogen and oxygen atoms in total. The molecule has 2 saturated carbocycles. The number of rotatable bonds is 4. The van der Waals surface area contributed by atoms with Gasteiger partial charge in [0.05, 0.1) is 5.25 Å². The summed E-state index contributed by atoms with van der Waals surface area (Å²) in [6, 6.07) is -0.0466. The van der Waals surface area contributed by atoms with Crippen molar-refractivity contribution in [2.75, 3.05) is 0 Å². The molecule has 0 aromatic heterocycles. The van der Waals surface area contributed by atoms with E-state index in [9.17, 15) is 13.2 Å². The van der Waals surface area contributed by atoms with Gasteiger partial charge in [-0.2, -0.15) is 0 Å². The van der Waals surface area contributed by atoms with E-state index in [1.165, 1.54) is 11.6 Å². The number of carbonyl (C=O) groups excluding carboxylic acids is 1. The third-order valence-corrected chi connectivity index (χ3v) is 6.72. The van der Waals surface area contributed by atoms with Gasteiger partial charge in [-0.3, -0.25) is 10.0 Å². The first-order chi connectivity index (χ1) is 11.5. The second kappa shape index (κ2) is 9.21. The number of amides is 1. The maximum atomic E-state index is 12.5. The molecule has 0 heterocycles. The predicted molar refractivity (Wildman–Crippen MR) is 91.5 cm³/mol. The molecule has 0 bridgehead atoms. The van der Waals surface area contributed by atoms with Crippen molar-refractivity contribution in [2.45, 2.75) is 69.1 Å². The molecule has 0 spiro atoms. The first kappa shape index (κ1) is 19.0. The Hall–Kier alpha value is -1.36. The number of hydrogen-bond donors (Lipinski definition) is 3. The van der Waals surface area contributed by atoms with Crippen molar-refractivity contribution in [3.63, 3.8) is 0 Å². The van der Waals surface area contributed by atoms with Gasteiger partial charge in [0.15, 0.2) is 0 Å². The van der Waals surface area contributed by atoms with Crippen molar-refractivity contribution < 1.29 is 18.4 Å². The van der Waals surface area contributed by atoms with Crippen LogP contribution in [0.25, 0.3) is 0 Å². The summed E-state index contributed by atoms with van der Waals surface area (Å²) in [5.74, 6) is 5.36. The standard InChI is InChI=1S/C17H26N2O4S/c20-17(18-21)12-5-4-7-14-8-6-9-15(13-14)19-24(22,23)16-10-2-1-3-11-16/h5,12,14-16,19,21H,1-3,6,8-11,13H2,(H,18,20)/b12-5+. The largest absolute Gasteiger partial charge is 0.288 e. The van der Waals surface area contributed by atoms with Crippen LogP contribution in [0.3, 0.4) is 0 Å². The highest BCUT2D eigenvalue weighted by atomic mass is 32.2. The average Bonchev–Trinajstić information content (AvgIpc) is 2.59. The molecule has 0 saturated heterocycles. The van der Waals surface area contributed by atoms with Crippen LogP contribution in [-0.2, 0) is 14.8 Å². The Morgan fingerprint density at radius 1 is 1.08 bits per heavy atom. The highest BCUT2D eigenvalue weighted by Crippen LogP contribution is 2.27. The molecule has 2 fully saturated rings. The van der Waals surface area contributed by atoms with Crippen molar-refractivity contribution in [1.29, 1.82) is 0 Å². The summed E-state index contributed by atoms with van der Waals surface area (Å²) in [7, 11) is -3.24. The molecule has 7 heteroatoms. The van der Waals surface area contributed by atoms with Gasteiger partial charge in [0.25, 0.3) is 5.91 Å². The van der Waals surface area contributed by atoms with Crippen molar-refractivity contribution in [2.24, 2.45) is 5.92 Å².